The summed E-state index contributed by atoms with van der Waals surface area (Å²) in [7, 11) is 0. The number of aryl methyl sites for hydroxylation is 1. The Hall–Kier alpha value is -2.66. The van der Waals surface area contributed by atoms with Crippen molar-refractivity contribution in [1.82, 2.24) is 5.01 Å². The van der Waals surface area contributed by atoms with Crippen LogP contribution in [0.3, 0.4) is 0 Å². The van der Waals surface area contributed by atoms with Crippen molar-refractivity contribution in [2.24, 2.45) is 5.10 Å². The molecule has 0 radical (unpaired) electrons. The Balaban J connectivity index is 2.18. The van der Waals surface area contributed by atoms with E-state index in [-0.39, 0.29) is 10.6 Å². The summed E-state index contributed by atoms with van der Waals surface area (Å²) < 4.78 is 95.7. The van der Waals surface area contributed by atoms with E-state index in [0.29, 0.717) is 5.56 Å². The highest BCUT2D eigenvalue weighted by molar-refractivity contribution is 6.34. The molecule has 0 fully saturated rings. The zero-order valence-corrected chi connectivity index (χ0v) is 16.9. The molecule has 0 unspecified atom stereocenters. The number of amides is 1. The van der Waals surface area contributed by atoms with E-state index >= 15 is 0 Å². The lowest BCUT2D eigenvalue weighted by atomic mass is 9.91. The number of hydrogen-bond donors (Lipinski definition) is 1. The summed E-state index contributed by atoms with van der Waals surface area (Å²) in [6, 6.07) is 10.6. The molecular weight excluding hydrogens is 469 g/mol. The number of alkyl halides is 7. The molecule has 0 bridgehead atoms. The molecule has 0 aliphatic carbocycles. The van der Waals surface area contributed by atoms with Gasteiger partial charge in [-0.3, -0.25) is 4.79 Å². The second-order valence-electron chi connectivity index (χ2n) is 7.15. The van der Waals surface area contributed by atoms with Gasteiger partial charge in [0.1, 0.15) is 0 Å². The minimum Gasteiger partial charge on any atom is -0.364 e. The number of halogens is 8. The molecule has 3 rings (SSSR count). The largest absolute Gasteiger partial charge is 0.460 e. The van der Waals surface area contributed by atoms with Crippen LogP contribution in [0.2, 0.25) is 5.02 Å². The van der Waals surface area contributed by atoms with Crippen LogP contribution in [0, 0.1) is 6.92 Å². The Kier molecular flexibility index (Phi) is 5.80. The minimum atomic E-state index is -6.72. The van der Waals surface area contributed by atoms with Crippen LogP contribution in [0.15, 0.2) is 53.6 Å². The van der Waals surface area contributed by atoms with Crippen molar-refractivity contribution in [3.8, 4) is 0 Å². The van der Waals surface area contributed by atoms with Crippen LogP contribution in [0.25, 0.3) is 0 Å². The van der Waals surface area contributed by atoms with E-state index in [4.69, 9.17) is 11.6 Å². The number of benzene rings is 2. The fraction of sp³-hybridized carbons (Fsp3) is 0.300. The van der Waals surface area contributed by atoms with Crippen LogP contribution in [-0.4, -0.2) is 45.5 Å². The van der Waals surface area contributed by atoms with E-state index in [0.717, 1.165) is 6.07 Å². The molecule has 1 amide bonds. The molecule has 1 aliphatic rings. The van der Waals surface area contributed by atoms with E-state index in [2.05, 4.69) is 5.10 Å². The predicted molar refractivity (Wildman–Crippen MR) is 101 cm³/mol. The first-order valence-corrected chi connectivity index (χ1v) is 9.29. The third-order valence-corrected chi connectivity index (χ3v) is 5.21. The Labute approximate surface area is 181 Å². The van der Waals surface area contributed by atoms with Crippen LogP contribution in [0.1, 0.15) is 27.9 Å². The molecule has 4 nitrogen and oxygen atoms in total. The fourth-order valence-corrected chi connectivity index (χ4v) is 3.45. The van der Waals surface area contributed by atoms with Crippen LogP contribution in [0.5, 0.6) is 0 Å². The van der Waals surface area contributed by atoms with Gasteiger partial charge in [-0.1, -0.05) is 48.0 Å². The zero-order valence-electron chi connectivity index (χ0n) is 16.1. The van der Waals surface area contributed by atoms with Crippen molar-refractivity contribution in [2.45, 2.75) is 37.1 Å². The van der Waals surface area contributed by atoms with E-state index in [1.165, 1.54) is 42.5 Å². The van der Waals surface area contributed by atoms with Crippen LogP contribution in [0.4, 0.5) is 30.7 Å². The average molecular weight is 483 g/mol. The maximum atomic E-state index is 14.7. The number of rotatable bonds is 4. The molecule has 0 aromatic heterocycles. The van der Waals surface area contributed by atoms with Crippen molar-refractivity contribution in [3.63, 3.8) is 0 Å². The second-order valence-corrected chi connectivity index (χ2v) is 7.56. The second kappa shape index (κ2) is 7.73. The normalized spacial score (nSPS) is 19.8. The highest BCUT2D eigenvalue weighted by atomic mass is 35.5. The first kappa shape index (κ1) is 24.0. The quantitative estimate of drug-likeness (QED) is 0.592. The first-order chi connectivity index (χ1) is 14.6. The molecule has 2 aromatic carbocycles. The van der Waals surface area contributed by atoms with Crippen molar-refractivity contribution in [2.75, 3.05) is 0 Å². The molecule has 12 heteroatoms. The zero-order chi connectivity index (χ0) is 24.1. The predicted octanol–water partition coefficient (Wildman–Crippen LogP) is 5.42. The molecule has 32 heavy (non-hydrogen) atoms. The fourth-order valence-electron chi connectivity index (χ4n) is 3.13. The average Bonchev–Trinajstić information content (AvgIpc) is 3.06. The molecule has 1 atom stereocenters. The molecule has 0 saturated heterocycles. The summed E-state index contributed by atoms with van der Waals surface area (Å²) in [4.78, 5) is 12.9. The van der Waals surface area contributed by atoms with Crippen molar-refractivity contribution >= 4 is 23.2 Å². The van der Waals surface area contributed by atoms with Gasteiger partial charge in [0, 0.05) is 6.42 Å². The van der Waals surface area contributed by atoms with Crippen molar-refractivity contribution < 1.29 is 40.6 Å². The Morgan fingerprint density at radius 1 is 1.06 bits per heavy atom. The van der Waals surface area contributed by atoms with Gasteiger partial charge in [0.15, 0.2) is 0 Å². The van der Waals surface area contributed by atoms with Gasteiger partial charge in [0.05, 0.1) is 16.3 Å². The SMILES string of the molecule is Cc1ccc(C(=O)N2N=C(c3ccccc3)C[C@]2(O)C(F)(F)C(F)(F)C(F)(F)F)c(Cl)c1. The first-order valence-electron chi connectivity index (χ1n) is 8.92. The lowest BCUT2D eigenvalue weighted by Gasteiger charge is -2.41. The molecule has 1 aliphatic heterocycles. The van der Waals surface area contributed by atoms with Crippen molar-refractivity contribution in [3.05, 3.63) is 70.2 Å². The third-order valence-electron chi connectivity index (χ3n) is 4.89. The Morgan fingerprint density at radius 2 is 1.66 bits per heavy atom. The summed E-state index contributed by atoms with van der Waals surface area (Å²) in [6.45, 7) is 1.58. The summed E-state index contributed by atoms with van der Waals surface area (Å²) in [5.74, 6) is -14.4. The highest BCUT2D eigenvalue weighted by Gasteiger charge is 2.82. The van der Waals surface area contributed by atoms with E-state index in [9.17, 15) is 40.6 Å². The molecule has 0 spiro atoms. The van der Waals surface area contributed by atoms with Gasteiger partial charge in [-0.25, -0.2) is 0 Å². The lowest BCUT2D eigenvalue weighted by Crippen LogP contribution is -2.69. The number of carbonyl (C=O) groups excluding carboxylic acids is 1. The monoisotopic (exact) mass is 482 g/mol. The molecule has 2 aromatic rings. The number of hydrazone groups is 1. The number of carbonyl (C=O) groups is 1. The molecular formula is C20H14ClF7N2O2. The van der Waals surface area contributed by atoms with Gasteiger partial charge < -0.3 is 5.11 Å². The molecule has 0 saturated carbocycles. The smallest absolute Gasteiger partial charge is 0.364 e. The topological polar surface area (TPSA) is 52.9 Å². The maximum Gasteiger partial charge on any atom is 0.460 e. The Morgan fingerprint density at radius 3 is 2.19 bits per heavy atom. The van der Waals surface area contributed by atoms with E-state index in [1.54, 1.807) is 6.92 Å². The number of nitrogens with zero attached hydrogens (tertiary/aromatic N) is 2. The van der Waals surface area contributed by atoms with Gasteiger partial charge in [0.25, 0.3) is 5.91 Å². The van der Waals surface area contributed by atoms with Gasteiger partial charge in [0.2, 0.25) is 5.72 Å². The third kappa shape index (κ3) is 3.62. The highest BCUT2D eigenvalue weighted by Crippen LogP contribution is 2.54. The molecule has 1 heterocycles. The maximum absolute atomic E-state index is 14.7. The van der Waals surface area contributed by atoms with Gasteiger partial charge in [-0.05, 0) is 30.2 Å². The van der Waals surface area contributed by atoms with E-state index in [1.807, 2.05) is 0 Å². The summed E-state index contributed by atoms with van der Waals surface area (Å²) in [5.41, 5.74) is -4.79. The van der Waals surface area contributed by atoms with Gasteiger partial charge >= 0.3 is 18.0 Å². The van der Waals surface area contributed by atoms with Crippen LogP contribution < -0.4 is 0 Å². The lowest BCUT2D eigenvalue weighted by molar-refractivity contribution is -0.400. The molecule has 1 N–H and O–H groups in total. The minimum absolute atomic E-state index is 0.0300. The van der Waals surface area contributed by atoms with Crippen molar-refractivity contribution in [1.29, 1.82) is 0 Å². The van der Waals surface area contributed by atoms with Gasteiger partial charge in [-0.15, -0.1) is 0 Å². The summed E-state index contributed by atoms with van der Waals surface area (Å²) in [6.07, 6.45) is -8.22. The number of aliphatic hydroxyl groups is 1. The number of hydrogen-bond acceptors (Lipinski definition) is 3. The Bertz CT molecular complexity index is 1070. The molecule has 172 valence electrons. The standard InChI is InChI=1S/C20H14ClF7N2O2/c1-11-7-8-13(14(21)9-11)16(31)30-17(32,18(22,23)19(24,25)20(26,27)28)10-15(29-30)12-5-3-2-4-6-12/h2-9,32H,10H2,1H3/t17-/m0/s1. The van der Waals surface area contributed by atoms with Gasteiger partial charge in [-0.2, -0.15) is 40.8 Å². The summed E-state index contributed by atoms with van der Waals surface area (Å²) >= 11 is 5.93. The van der Waals surface area contributed by atoms with Crippen LogP contribution >= 0.6 is 11.6 Å². The van der Waals surface area contributed by atoms with Crippen LogP contribution in [-0.2, 0) is 0 Å². The van der Waals surface area contributed by atoms with E-state index < -0.39 is 52.4 Å². The summed E-state index contributed by atoms with van der Waals surface area (Å²) in [5, 5.41) is 13.4.